The van der Waals surface area contributed by atoms with Crippen LogP contribution in [0.25, 0.3) is 56.5 Å². The molecule has 0 radical (unpaired) electrons. The molecular weight excluding hydrogens is 394 g/mol. The molecule has 0 aliphatic rings. The largest absolute Gasteiger partial charge is 0.416 e. The summed E-state index contributed by atoms with van der Waals surface area (Å²) in [4.78, 5) is 0. The van der Waals surface area contributed by atoms with Gasteiger partial charge in [-0.25, -0.2) is 0 Å². The van der Waals surface area contributed by atoms with Crippen molar-refractivity contribution < 1.29 is 4.42 Å². The van der Waals surface area contributed by atoms with Crippen LogP contribution in [0.5, 0.6) is 0 Å². The smallest absolute Gasteiger partial charge is 0.250 e. The van der Waals surface area contributed by atoms with E-state index in [2.05, 4.69) is 75.9 Å². The maximum atomic E-state index is 6.13. The van der Waals surface area contributed by atoms with Gasteiger partial charge in [0, 0.05) is 16.3 Å². The van der Waals surface area contributed by atoms with Gasteiger partial charge in [0.1, 0.15) is 0 Å². The zero-order chi connectivity index (χ0) is 21.5. The Balaban J connectivity index is 1.54. The molecule has 0 aliphatic heterocycles. The topological polar surface area (TPSA) is 43.9 Å². The second-order valence-electron chi connectivity index (χ2n) is 7.63. The van der Waals surface area contributed by atoms with Crippen LogP contribution in [0.4, 0.5) is 0 Å². The van der Waals surface area contributed by atoms with E-state index in [-0.39, 0.29) is 0 Å². The molecule has 0 saturated heterocycles. The van der Waals surface area contributed by atoms with Gasteiger partial charge in [-0.1, -0.05) is 73.3 Å². The Kier molecular flexibility index (Phi) is 4.22. The number of hydrogen-bond donors (Lipinski definition) is 0. The lowest BCUT2D eigenvalue weighted by atomic mass is 10.1. The first-order chi connectivity index (χ1) is 15.8. The van der Waals surface area contributed by atoms with Gasteiger partial charge in [0.05, 0.1) is 22.3 Å². The van der Waals surface area contributed by atoms with Crippen LogP contribution in [0.3, 0.4) is 0 Å². The molecule has 2 heterocycles. The maximum absolute atomic E-state index is 6.13. The van der Waals surface area contributed by atoms with Crippen LogP contribution in [0.2, 0.25) is 0 Å². The van der Waals surface area contributed by atoms with Crippen LogP contribution in [-0.4, -0.2) is 14.8 Å². The highest BCUT2D eigenvalue weighted by molar-refractivity contribution is 6.09. The summed E-state index contributed by atoms with van der Waals surface area (Å²) in [5, 5.41) is 11.1. The van der Waals surface area contributed by atoms with Gasteiger partial charge in [-0.2, -0.15) is 0 Å². The highest BCUT2D eigenvalue weighted by Crippen LogP contribution is 2.36. The second-order valence-corrected chi connectivity index (χ2v) is 7.63. The SMILES string of the molecule is C=Cc1ccc(-c2nnc(-c3ccccc3-n3c4ccccc4c4ccccc43)o2)cc1. The fourth-order valence-corrected chi connectivity index (χ4v) is 4.24. The molecule has 0 saturated carbocycles. The Hall–Kier alpha value is -4.44. The molecule has 0 spiro atoms. The molecule has 0 fully saturated rings. The van der Waals surface area contributed by atoms with Crippen LogP contribution in [0.15, 0.2) is 108 Å². The molecule has 0 aliphatic carbocycles. The van der Waals surface area contributed by atoms with Gasteiger partial charge in [0.25, 0.3) is 0 Å². The summed E-state index contributed by atoms with van der Waals surface area (Å²) in [5.74, 6) is 0.984. The lowest BCUT2D eigenvalue weighted by Crippen LogP contribution is -1.97. The van der Waals surface area contributed by atoms with Crippen molar-refractivity contribution >= 4 is 27.9 Å². The standard InChI is InChI=1S/C28H19N3O/c1-2-19-15-17-20(18-16-19)27-29-30-28(32-27)23-11-5-8-14-26(23)31-24-12-6-3-9-21(24)22-10-4-7-13-25(22)31/h2-18H,1H2. The Morgan fingerprint density at radius 3 is 1.94 bits per heavy atom. The van der Waals surface area contributed by atoms with E-state index in [4.69, 9.17) is 4.42 Å². The zero-order valence-electron chi connectivity index (χ0n) is 17.3. The van der Waals surface area contributed by atoms with Gasteiger partial charge in [-0.05, 0) is 42.0 Å². The first kappa shape index (κ1) is 18.3. The van der Waals surface area contributed by atoms with Gasteiger partial charge >= 0.3 is 0 Å². The number of fused-ring (bicyclic) bond motifs is 3. The van der Waals surface area contributed by atoms with Crippen molar-refractivity contribution in [1.29, 1.82) is 0 Å². The molecule has 0 bridgehead atoms. The van der Waals surface area contributed by atoms with E-state index >= 15 is 0 Å². The van der Waals surface area contributed by atoms with Crippen LogP contribution in [-0.2, 0) is 0 Å². The number of aromatic nitrogens is 3. The predicted molar refractivity (Wildman–Crippen MR) is 130 cm³/mol. The summed E-state index contributed by atoms with van der Waals surface area (Å²) < 4.78 is 8.40. The Bertz CT molecular complexity index is 1540. The van der Waals surface area contributed by atoms with Crippen molar-refractivity contribution in [2.45, 2.75) is 0 Å². The highest BCUT2D eigenvalue weighted by Gasteiger charge is 2.18. The third kappa shape index (κ3) is 2.85. The minimum absolute atomic E-state index is 0.491. The van der Waals surface area contributed by atoms with Crippen molar-refractivity contribution in [2.24, 2.45) is 0 Å². The van der Waals surface area contributed by atoms with E-state index in [9.17, 15) is 0 Å². The second kappa shape index (κ2) is 7.36. The third-order valence-electron chi connectivity index (χ3n) is 5.77. The molecule has 0 unspecified atom stereocenters. The molecule has 0 atom stereocenters. The fraction of sp³-hybridized carbons (Fsp3) is 0. The minimum atomic E-state index is 0.491. The Labute approximate surface area is 185 Å². The molecule has 6 rings (SSSR count). The van der Waals surface area contributed by atoms with Gasteiger partial charge in [0.15, 0.2) is 0 Å². The monoisotopic (exact) mass is 413 g/mol. The van der Waals surface area contributed by atoms with Gasteiger partial charge in [-0.3, -0.25) is 0 Å². The Morgan fingerprint density at radius 1 is 0.656 bits per heavy atom. The summed E-state index contributed by atoms with van der Waals surface area (Å²) in [7, 11) is 0. The van der Waals surface area contributed by atoms with Crippen LogP contribution in [0, 0.1) is 0 Å². The molecule has 0 amide bonds. The third-order valence-corrected chi connectivity index (χ3v) is 5.77. The molecule has 4 heteroatoms. The fourth-order valence-electron chi connectivity index (χ4n) is 4.24. The number of benzene rings is 4. The lowest BCUT2D eigenvalue weighted by Gasteiger charge is -2.11. The lowest BCUT2D eigenvalue weighted by molar-refractivity contribution is 0.584. The first-order valence-electron chi connectivity index (χ1n) is 10.5. The van der Waals surface area contributed by atoms with E-state index < -0.39 is 0 Å². The molecule has 6 aromatic rings. The van der Waals surface area contributed by atoms with Crippen molar-refractivity contribution in [3.8, 4) is 28.6 Å². The number of nitrogens with zero attached hydrogens (tertiary/aromatic N) is 3. The van der Waals surface area contributed by atoms with Gasteiger partial charge < -0.3 is 8.98 Å². The van der Waals surface area contributed by atoms with E-state index in [1.807, 2.05) is 48.5 Å². The average molecular weight is 413 g/mol. The van der Waals surface area contributed by atoms with E-state index in [1.165, 1.54) is 10.8 Å². The summed E-state index contributed by atoms with van der Waals surface area (Å²) in [6, 6.07) is 33.0. The Morgan fingerprint density at radius 2 is 1.25 bits per heavy atom. The summed E-state index contributed by atoms with van der Waals surface area (Å²) >= 11 is 0. The molecule has 152 valence electrons. The zero-order valence-corrected chi connectivity index (χ0v) is 17.3. The first-order valence-corrected chi connectivity index (χ1v) is 10.5. The molecular formula is C28H19N3O. The highest BCUT2D eigenvalue weighted by atomic mass is 16.4. The molecule has 4 nitrogen and oxygen atoms in total. The average Bonchev–Trinajstić information content (AvgIpc) is 3.48. The van der Waals surface area contributed by atoms with E-state index in [0.29, 0.717) is 11.8 Å². The summed E-state index contributed by atoms with van der Waals surface area (Å²) in [5.41, 5.74) is 6.10. The minimum Gasteiger partial charge on any atom is -0.416 e. The quantitative estimate of drug-likeness (QED) is 0.308. The van der Waals surface area contributed by atoms with Crippen molar-refractivity contribution in [2.75, 3.05) is 0 Å². The summed E-state index contributed by atoms with van der Waals surface area (Å²) in [6.45, 7) is 3.80. The summed E-state index contributed by atoms with van der Waals surface area (Å²) in [6.07, 6.45) is 1.81. The number of rotatable bonds is 4. The van der Waals surface area contributed by atoms with E-state index in [1.54, 1.807) is 0 Å². The van der Waals surface area contributed by atoms with Crippen molar-refractivity contribution in [3.05, 3.63) is 109 Å². The van der Waals surface area contributed by atoms with E-state index in [0.717, 1.165) is 33.4 Å². The predicted octanol–water partition coefficient (Wildman–Crippen LogP) is 7.14. The van der Waals surface area contributed by atoms with Crippen LogP contribution < -0.4 is 0 Å². The number of hydrogen-bond acceptors (Lipinski definition) is 3. The van der Waals surface area contributed by atoms with Crippen molar-refractivity contribution in [1.82, 2.24) is 14.8 Å². The molecule has 32 heavy (non-hydrogen) atoms. The van der Waals surface area contributed by atoms with Gasteiger partial charge in [-0.15, -0.1) is 10.2 Å². The van der Waals surface area contributed by atoms with Crippen LogP contribution >= 0.6 is 0 Å². The molecule has 4 aromatic carbocycles. The maximum Gasteiger partial charge on any atom is 0.250 e. The molecule has 2 aromatic heterocycles. The number of para-hydroxylation sites is 3. The van der Waals surface area contributed by atoms with Crippen LogP contribution in [0.1, 0.15) is 5.56 Å². The van der Waals surface area contributed by atoms with Crippen molar-refractivity contribution in [3.63, 3.8) is 0 Å². The normalized spacial score (nSPS) is 11.2. The van der Waals surface area contributed by atoms with Gasteiger partial charge in [0.2, 0.25) is 11.8 Å². The molecule has 0 N–H and O–H groups in total.